The highest BCUT2D eigenvalue weighted by Gasteiger charge is 2.38. The van der Waals surface area contributed by atoms with E-state index >= 15 is 0 Å². The molecule has 0 aliphatic rings. The van der Waals surface area contributed by atoms with Gasteiger partial charge in [0.15, 0.2) is 11.5 Å². The molecule has 0 amide bonds. The zero-order valence-electron chi connectivity index (χ0n) is 18.5. The second-order valence-corrected chi connectivity index (χ2v) is 7.78. The SMILES string of the molecule is CC(C)CNc1nn(Cc2ccccc2)c2nnc(-c3cccnc3)cc12.O=C(O)C(F)(F)F. The summed E-state index contributed by atoms with van der Waals surface area (Å²) >= 11 is 0. The van der Waals surface area contributed by atoms with E-state index in [9.17, 15) is 13.2 Å². The van der Waals surface area contributed by atoms with Crippen molar-refractivity contribution in [2.45, 2.75) is 26.6 Å². The van der Waals surface area contributed by atoms with E-state index in [1.807, 2.05) is 41.1 Å². The number of carboxylic acids is 1. The zero-order chi connectivity index (χ0) is 24.7. The van der Waals surface area contributed by atoms with E-state index in [4.69, 9.17) is 15.0 Å². The van der Waals surface area contributed by atoms with Crippen LogP contribution in [0.5, 0.6) is 0 Å². The molecule has 0 radical (unpaired) electrons. The number of nitrogens with zero attached hydrogens (tertiary/aromatic N) is 5. The molecule has 34 heavy (non-hydrogen) atoms. The highest BCUT2D eigenvalue weighted by Crippen LogP contribution is 2.26. The Morgan fingerprint density at radius 2 is 1.82 bits per heavy atom. The van der Waals surface area contributed by atoms with Crippen molar-refractivity contribution in [3.8, 4) is 11.3 Å². The average molecular weight is 472 g/mol. The van der Waals surface area contributed by atoms with E-state index in [1.165, 1.54) is 5.56 Å². The standard InChI is InChI=1S/C21H22N6.C2HF3O2/c1-15(2)12-23-20-18-11-19(17-9-6-10-22-13-17)24-25-21(18)27(26-20)14-16-7-4-3-5-8-16;3-2(4,5)1(6)7/h3-11,13,15H,12,14H2,1-2H3,(H,23,26);(H,6,7). The lowest BCUT2D eigenvalue weighted by Crippen LogP contribution is -2.21. The predicted octanol–water partition coefficient (Wildman–Crippen LogP) is 4.64. The van der Waals surface area contributed by atoms with Crippen LogP contribution in [0.4, 0.5) is 19.0 Å². The van der Waals surface area contributed by atoms with Crippen LogP contribution in [0.25, 0.3) is 22.3 Å². The van der Waals surface area contributed by atoms with Gasteiger partial charge in [-0.15, -0.1) is 10.2 Å². The third-order valence-corrected chi connectivity index (χ3v) is 4.55. The fraction of sp³-hybridized carbons (Fsp3) is 0.261. The molecule has 178 valence electrons. The topological polar surface area (TPSA) is 106 Å². The van der Waals surface area contributed by atoms with Gasteiger partial charge in [0.2, 0.25) is 0 Å². The van der Waals surface area contributed by atoms with E-state index in [-0.39, 0.29) is 0 Å². The van der Waals surface area contributed by atoms with Crippen LogP contribution >= 0.6 is 0 Å². The first-order chi connectivity index (χ1) is 16.1. The minimum absolute atomic E-state index is 0.520. The Labute approximate surface area is 193 Å². The zero-order valence-corrected chi connectivity index (χ0v) is 18.5. The fourth-order valence-corrected chi connectivity index (χ4v) is 2.93. The number of aliphatic carboxylic acids is 1. The Bertz CT molecular complexity index is 1230. The Morgan fingerprint density at radius 1 is 1.12 bits per heavy atom. The Morgan fingerprint density at radius 3 is 2.41 bits per heavy atom. The maximum absolute atomic E-state index is 10.6. The number of pyridine rings is 1. The van der Waals surface area contributed by atoms with Gasteiger partial charge in [-0.2, -0.15) is 18.3 Å². The molecule has 0 saturated heterocycles. The van der Waals surface area contributed by atoms with Crippen LogP contribution in [0.2, 0.25) is 0 Å². The van der Waals surface area contributed by atoms with Crippen LogP contribution in [-0.4, -0.2) is 48.8 Å². The van der Waals surface area contributed by atoms with Gasteiger partial charge in [0.25, 0.3) is 0 Å². The predicted molar refractivity (Wildman–Crippen MR) is 121 cm³/mol. The molecular weight excluding hydrogens is 449 g/mol. The number of anilines is 1. The summed E-state index contributed by atoms with van der Waals surface area (Å²) in [5.74, 6) is -1.39. The number of benzene rings is 1. The van der Waals surface area contributed by atoms with Gasteiger partial charge in [-0.1, -0.05) is 44.2 Å². The minimum atomic E-state index is -5.08. The van der Waals surface area contributed by atoms with E-state index < -0.39 is 12.1 Å². The lowest BCUT2D eigenvalue weighted by molar-refractivity contribution is -0.192. The molecule has 0 fully saturated rings. The summed E-state index contributed by atoms with van der Waals surface area (Å²) in [5.41, 5.74) is 3.69. The first kappa shape index (κ1) is 24.6. The van der Waals surface area contributed by atoms with Gasteiger partial charge in [-0.05, 0) is 29.7 Å². The summed E-state index contributed by atoms with van der Waals surface area (Å²) < 4.78 is 33.6. The maximum atomic E-state index is 10.6. The number of aromatic nitrogens is 5. The van der Waals surface area contributed by atoms with Crippen LogP contribution in [0.1, 0.15) is 19.4 Å². The Balaban J connectivity index is 0.000000406. The van der Waals surface area contributed by atoms with Gasteiger partial charge in [0, 0.05) is 24.5 Å². The first-order valence-corrected chi connectivity index (χ1v) is 10.4. The first-order valence-electron chi connectivity index (χ1n) is 10.4. The van der Waals surface area contributed by atoms with Crippen molar-refractivity contribution in [3.63, 3.8) is 0 Å². The molecule has 0 saturated carbocycles. The third-order valence-electron chi connectivity index (χ3n) is 4.55. The van der Waals surface area contributed by atoms with Crippen LogP contribution in [-0.2, 0) is 11.3 Å². The number of alkyl halides is 3. The molecule has 11 heteroatoms. The van der Waals surface area contributed by atoms with Gasteiger partial charge < -0.3 is 10.4 Å². The lowest BCUT2D eigenvalue weighted by atomic mass is 10.2. The molecule has 4 rings (SSSR count). The van der Waals surface area contributed by atoms with E-state index in [2.05, 4.69) is 46.5 Å². The molecule has 0 aliphatic carbocycles. The van der Waals surface area contributed by atoms with E-state index in [0.29, 0.717) is 12.5 Å². The van der Waals surface area contributed by atoms with Gasteiger partial charge in [-0.3, -0.25) is 4.98 Å². The molecule has 2 N–H and O–H groups in total. The number of nitrogens with one attached hydrogen (secondary N) is 1. The molecule has 3 heterocycles. The van der Waals surface area contributed by atoms with Crippen LogP contribution in [0, 0.1) is 5.92 Å². The van der Waals surface area contributed by atoms with Gasteiger partial charge in [0.1, 0.15) is 0 Å². The molecular formula is C23H23F3N6O2. The molecule has 3 aromatic heterocycles. The second-order valence-electron chi connectivity index (χ2n) is 7.78. The van der Waals surface area contributed by atoms with Crippen molar-refractivity contribution in [1.29, 1.82) is 0 Å². The highest BCUT2D eigenvalue weighted by molar-refractivity contribution is 5.89. The summed E-state index contributed by atoms with van der Waals surface area (Å²) in [6, 6.07) is 16.2. The molecule has 1 aromatic carbocycles. The molecule has 0 aliphatic heterocycles. The van der Waals surface area contributed by atoms with E-state index in [0.717, 1.165) is 34.7 Å². The smallest absolute Gasteiger partial charge is 0.475 e. The molecule has 0 bridgehead atoms. The Hall–Kier alpha value is -4.02. The molecule has 0 atom stereocenters. The van der Waals surface area contributed by atoms with Crippen LogP contribution in [0.3, 0.4) is 0 Å². The number of fused-ring (bicyclic) bond motifs is 1. The van der Waals surface area contributed by atoms with Gasteiger partial charge in [0.05, 0.1) is 17.6 Å². The maximum Gasteiger partial charge on any atom is 0.490 e. The molecule has 0 spiro atoms. The second kappa shape index (κ2) is 10.7. The summed E-state index contributed by atoms with van der Waals surface area (Å²) in [5, 5.41) is 25.2. The number of carboxylic acid groups (broad SMARTS) is 1. The highest BCUT2D eigenvalue weighted by atomic mass is 19.4. The van der Waals surface area contributed by atoms with Gasteiger partial charge >= 0.3 is 12.1 Å². The van der Waals surface area contributed by atoms with Crippen LogP contribution in [0.15, 0.2) is 60.9 Å². The van der Waals surface area contributed by atoms with Crippen molar-refractivity contribution >= 4 is 22.8 Å². The number of carbonyl (C=O) groups is 1. The number of halogens is 3. The summed E-state index contributed by atoms with van der Waals surface area (Å²) in [7, 11) is 0. The average Bonchev–Trinajstić information content (AvgIpc) is 3.15. The quantitative estimate of drug-likeness (QED) is 0.421. The summed E-state index contributed by atoms with van der Waals surface area (Å²) in [4.78, 5) is 13.1. The molecule has 0 unspecified atom stereocenters. The van der Waals surface area contributed by atoms with Crippen LogP contribution < -0.4 is 5.32 Å². The van der Waals surface area contributed by atoms with Gasteiger partial charge in [-0.25, -0.2) is 9.48 Å². The van der Waals surface area contributed by atoms with E-state index in [1.54, 1.807) is 12.4 Å². The normalized spacial score (nSPS) is 11.2. The summed E-state index contributed by atoms with van der Waals surface area (Å²) in [6.45, 7) is 5.86. The fourth-order valence-electron chi connectivity index (χ4n) is 2.93. The van der Waals surface area contributed by atoms with Crippen molar-refractivity contribution in [2.75, 3.05) is 11.9 Å². The van der Waals surface area contributed by atoms with Crippen molar-refractivity contribution in [2.24, 2.45) is 5.92 Å². The third kappa shape index (κ3) is 6.50. The van der Waals surface area contributed by atoms with Crippen molar-refractivity contribution < 1.29 is 23.1 Å². The number of rotatable bonds is 6. The number of hydrogen-bond acceptors (Lipinski definition) is 6. The monoisotopic (exact) mass is 472 g/mol. The lowest BCUT2D eigenvalue weighted by Gasteiger charge is -2.06. The molecule has 8 nitrogen and oxygen atoms in total. The summed E-state index contributed by atoms with van der Waals surface area (Å²) in [6.07, 6.45) is -1.53. The van der Waals surface area contributed by atoms with Crippen molar-refractivity contribution in [3.05, 3.63) is 66.5 Å². The largest absolute Gasteiger partial charge is 0.490 e. The number of hydrogen-bond donors (Lipinski definition) is 2. The minimum Gasteiger partial charge on any atom is -0.475 e. The van der Waals surface area contributed by atoms with Crippen molar-refractivity contribution in [1.82, 2.24) is 25.0 Å². The molecule has 4 aromatic rings. The Kier molecular flexibility index (Phi) is 7.77.